The van der Waals surface area contributed by atoms with Gasteiger partial charge >= 0.3 is 0 Å². The fraction of sp³-hybridized carbons (Fsp3) is 0.800. The lowest BCUT2D eigenvalue weighted by Gasteiger charge is -2.02. The minimum Gasteiger partial charge on any atom is -0.370 e. The van der Waals surface area contributed by atoms with Crippen LogP contribution in [0.5, 0.6) is 0 Å². The van der Waals surface area contributed by atoms with Crippen LogP contribution in [0.1, 0.15) is 6.92 Å². The second-order valence-corrected chi connectivity index (χ2v) is 3.62. The molecule has 4 N–H and O–H groups in total. The SMILES string of the molecule is CC(CS(C)=O)N=C(N)N. The van der Waals surface area contributed by atoms with E-state index in [0.717, 1.165) is 0 Å². The van der Waals surface area contributed by atoms with E-state index in [1.54, 1.807) is 6.26 Å². The number of nitrogens with two attached hydrogens (primary N) is 2. The predicted molar refractivity (Wildman–Crippen MR) is 44.2 cm³/mol. The van der Waals surface area contributed by atoms with E-state index in [1.807, 2.05) is 6.92 Å². The second kappa shape index (κ2) is 4.27. The Morgan fingerprint density at radius 2 is 2.20 bits per heavy atom. The maximum atomic E-state index is 10.6. The van der Waals surface area contributed by atoms with Crippen LogP contribution >= 0.6 is 0 Å². The molecule has 0 saturated carbocycles. The van der Waals surface area contributed by atoms with Crippen LogP contribution < -0.4 is 11.5 Å². The van der Waals surface area contributed by atoms with Crippen LogP contribution in [0.25, 0.3) is 0 Å². The Morgan fingerprint density at radius 3 is 2.50 bits per heavy atom. The van der Waals surface area contributed by atoms with Crippen LogP contribution in [0.2, 0.25) is 0 Å². The van der Waals surface area contributed by atoms with E-state index in [9.17, 15) is 4.21 Å². The van der Waals surface area contributed by atoms with Crippen molar-refractivity contribution in [2.75, 3.05) is 12.0 Å². The van der Waals surface area contributed by atoms with Crippen LogP contribution in [-0.2, 0) is 10.8 Å². The molecule has 0 aromatic rings. The first-order valence-electron chi connectivity index (χ1n) is 2.91. The van der Waals surface area contributed by atoms with Crippen LogP contribution in [0.4, 0.5) is 0 Å². The van der Waals surface area contributed by atoms with Gasteiger partial charge < -0.3 is 11.5 Å². The van der Waals surface area contributed by atoms with Crippen molar-refractivity contribution < 1.29 is 4.21 Å². The van der Waals surface area contributed by atoms with E-state index < -0.39 is 10.8 Å². The molecule has 0 aromatic heterocycles. The molecule has 0 amide bonds. The third kappa shape index (κ3) is 5.55. The zero-order valence-electron chi connectivity index (χ0n) is 6.20. The molecule has 0 bridgehead atoms. The summed E-state index contributed by atoms with van der Waals surface area (Å²) in [4.78, 5) is 3.80. The first-order valence-corrected chi connectivity index (χ1v) is 4.64. The molecule has 0 aromatic carbocycles. The van der Waals surface area contributed by atoms with Gasteiger partial charge in [-0.25, -0.2) is 4.99 Å². The van der Waals surface area contributed by atoms with Gasteiger partial charge in [-0.1, -0.05) is 0 Å². The van der Waals surface area contributed by atoms with E-state index in [0.29, 0.717) is 5.75 Å². The summed E-state index contributed by atoms with van der Waals surface area (Å²) in [5.41, 5.74) is 10.2. The third-order valence-corrected chi connectivity index (χ3v) is 1.80. The van der Waals surface area contributed by atoms with Gasteiger partial charge in [0.05, 0.1) is 6.04 Å². The molecule has 10 heavy (non-hydrogen) atoms. The van der Waals surface area contributed by atoms with E-state index in [-0.39, 0.29) is 12.0 Å². The second-order valence-electron chi connectivity index (χ2n) is 2.14. The van der Waals surface area contributed by atoms with E-state index in [2.05, 4.69) is 4.99 Å². The molecule has 60 valence electrons. The van der Waals surface area contributed by atoms with Crippen molar-refractivity contribution in [3.05, 3.63) is 0 Å². The minimum absolute atomic E-state index is 0.0455. The van der Waals surface area contributed by atoms with Gasteiger partial charge in [-0.05, 0) is 6.92 Å². The Bertz CT molecular complexity index is 153. The van der Waals surface area contributed by atoms with Crippen molar-refractivity contribution in [2.45, 2.75) is 13.0 Å². The normalized spacial score (nSPS) is 15.8. The van der Waals surface area contributed by atoms with Crippen molar-refractivity contribution >= 4 is 16.8 Å². The summed E-state index contributed by atoms with van der Waals surface area (Å²) in [5.74, 6) is 0.565. The molecule has 2 atom stereocenters. The molecule has 0 aliphatic carbocycles. The van der Waals surface area contributed by atoms with Crippen LogP contribution in [0, 0.1) is 0 Å². The molecule has 0 aliphatic rings. The largest absolute Gasteiger partial charge is 0.370 e. The highest BCUT2D eigenvalue weighted by atomic mass is 32.2. The molecular formula is C5H13N3OS. The highest BCUT2D eigenvalue weighted by Crippen LogP contribution is 1.90. The molecule has 4 nitrogen and oxygen atoms in total. The first kappa shape index (κ1) is 9.42. The molecule has 0 rings (SSSR count). The molecule has 0 aliphatic heterocycles. The Hall–Kier alpha value is -0.580. The lowest BCUT2D eigenvalue weighted by atomic mass is 10.4. The zero-order chi connectivity index (χ0) is 8.15. The monoisotopic (exact) mass is 163 g/mol. The quantitative estimate of drug-likeness (QED) is 0.415. The summed E-state index contributed by atoms with van der Waals surface area (Å²) in [6, 6.07) is -0.0455. The summed E-state index contributed by atoms with van der Waals surface area (Å²) in [7, 11) is -0.830. The number of hydrogen-bond acceptors (Lipinski definition) is 2. The fourth-order valence-electron chi connectivity index (χ4n) is 0.631. The first-order chi connectivity index (χ1) is 4.52. The van der Waals surface area contributed by atoms with Gasteiger partial charge in [0.1, 0.15) is 0 Å². The third-order valence-electron chi connectivity index (χ3n) is 0.845. The lowest BCUT2D eigenvalue weighted by Crippen LogP contribution is -2.26. The van der Waals surface area contributed by atoms with Gasteiger partial charge in [0.15, 0.2) is 5.96 Å². The highest BCUT2D eigenvalue weighted by molar-refractivity contribution is 7.84. The van der Waals surface area contributed by atoms with E-state index in [1.165, 1.54) is 0 Å². The topological polar surface area (TPSA) is 81.5 Å². The lowest BCUT2D eigenvalue weighted by molar-refractivity contribution is 0.680. The molecule has 0 spiro atoms. The number of aliphatic imine (C=N–C) groups is 1. The number of guanidine groups is 1. The predicted octanol–water partition coefficient (Wildman–Crippen LogP) is -0.973. The average molecular weight is 163 g/mol. The minimum atomic E-state index is -0.830. The molecule has 0 heterocycles. The van der Waals surface area contributed by atoms with Crippen LogP contribution in [-0.4, -0.2) is 28.2 Å². The smallest absolute Gasteiger partial charge is 0.186 e. The maximum absolute atomic E-state index is 10.6. The van der Waals surface area contributed by atoms with Gasteiger partial charge in [-0.3, -0.25) is 4.21 Å². The summed E-state index contributed by atoms with van der Waals surface area (Å²) < 4.78 is 10.6. The zero-order valence-corrected chi connectivity index (χ0v) is 7.02. The molecule has 0 saturated heterocycles. The van der Waals surface area contributed by atoms with Crippen molar-refractivity contribution in [1.82, 2.24) is 0 Å². The summed E-state index contributed by atoms with van der Waals surface area (Å²) in [5, 5.41) is 0. The highest BCUT2D eigenvalue weighted by Gasteiger charge is 2.00. The van der Waals surface area contributed by atoms with Gasteiger partial charge in [0, 0.05) is 22.8 Å². The fourth-order valence-corrected chi connectivity index (χ4v) is 1.39. The Labute approximate surface area is 63.1 Å². The van der Waals surface area contributed by atoms with Crippen LogP contribution in [0.15, 0.2) is 4.99 Å². The number of nitrogens with zero attached hydrogens (tertiary/aromatic N) is 1. The maximum Gasteiger partial charge on any atom is 0.186 e. The van der Waals surface area contributed by atoms with Crippen molar-refractivity contribution in [2.24, 2.45) is 16.5 Å². The molecule has 0 radical (unpaired) electrons. The van der Waals surface area contributed by atoms with E-state index >= 15 is 0 Å². The van der Waals surface area contributed by atoms with Gasteiger partial charge in [0.2, 0.25) is 0 Å². The summed E-state index contributed by atoms with van der Waals surface area (Å²) in [6.45, 7) is 1.82. The van der Waals surface area contributed by atoms with Gasteiger partial charge in [-0.2, -0.15) is 0 Å². The summed E-state index contributed by atoms with van der Waals surface area (Å²) >= 11 is 0. The average Bonchev–Trinajstić information content (AvgIpc) is 1.58. The van der Waals surface area contributed by atoms with E-state index in [4.69, 9.17) is 11.5 Å². The van der Waals surface area contributed by atoms with Gasteiger partial charge in [0.25, 0.3) is 0 Å². The Kier molecular flexibility index (Phi) is 4.02. The van der Waals surface area contributed by atoms with Gasteiger partial charge in [-0.15, -0.1) is 0 Å². The molecular weight excluding hydrogens is 150 g/mol. The Morgan fingerprint density at radius 1 is 1.70 bits per heavy atom. The van der Waals surface area contributed by atoms with Crippen molar-refractivity contribution in [3.8, 4) is 0 Å². The molecule has 5 heteroatoms. The number of rotatable bonds is 3. The van der Waals surface area contributed by atoms with Crippen LogP contribution in [0.3, 0.4) is 0 Å². The van der Waals surface area contributed by atoms with Crippen molar-refractivity contribution in [3.63, 3.8) is 0 Å². The molecule has 0 fully saturated rings. The standard InChI is InChI=1S/C5H13N3OS/c1-4(3-10(2)9)8-5(6)7/h4H,3H2,1-2H3,(H4,6,7,8). The van der Waals surface area contributed by atoms with Crippen molar-refractivity contribution in [1.29, 1.82) is 0 Å². The Balaban J connectivity index is 3.75. The summed E-state index contributed by atoms with van der Waals surface area (Å²) in [6.07, 6.45) is 1.62. The molecule has 2 unspecified atom stereocenters. The number of hydrogen-bond donors (Lipinski definition) is 2.